The van der Waals surface area contributed by atoms with Crippen LogP contribution in [0.1, 0.15) is 0 Å². The minimum Gasteiger partial charge on any atom is -0.495 e. The number of anilines is 1. The summed E-state index contributed by atoms with van der Waals surface area (Å²) in [5.41, 5.74) is 0.479. The summed E-state index contributed by atoms with van der Waals surface area (Å²) in [7, 11) is 1.51. The number of carbonyl (C=O) groups excluding carboxylic acids is 2. The Morgan fingerprint density at radius 3 is 2.77 bits per heavy atom. The number of benzene rings is 2. The van der Waals surface area contributed by atoms with Crippen molar-refractivity contribution in [1.29, 1.82) is 0 Å². The van der Waals surface area contributed by atoms with Gasteiger partial charge in [-0.15, -0.1) is 0 Å². The maximum absolute atomic E-state index is 11.9. The number of methoxy groups -OCH3 is 1. The number of hydrogen-bond acceptors (Lipinski definition) is 6. The molecule has 2 aromatic rings. The number of fused-ring (bicyclic) bond motifs is 1. The molecule has 0 fully saturated rings. The lowest BCUT2D eigenvalue weighted by atomic mass is 10.3. The van der Waals surface area contributed by atoms with Gasteiger partial charge in [-0.25, -0.2) is 4.79 Å². The molecule has 2 N–H and O–H groups in total. The van der Waals surface area contributed by atoms with E-state index in [1.807, 2.05) is 0 Å². The number of imide groups is 1. The first-order chi connectivity index (χ1) is 12.5. The average Bonchev–Trinajstić information content (AvgIpc) is 3.09. The van der Waals surface area contributed by atoms with Crippen LogP contribution in [-0.2, 0) is 4.79 Å². The summed E-state index contributed by atoms with van der Waals surface area (Å²) in [4.78, 5) is 23.7. The van der Waals surface area contributed by atoms with Gasteiger partial charge in [0.2, 0.25) is 6.79 Å². The predicted molar refractivity (Wildman–Crippen MR) is 95.9 cm³/mol. The van der Waals surface area contributed by atoms with Crippen LogP contribution in [0.4, 0.5) is 10.5 Å². The van der Waals surface area contributed by atoms with E-state index in [1.54, 1.807) is 36.4 Å². The first-order valence-electron chi connectivity index (χ1n) is 7.52. The van der Waals surface area contributed by atoms with Crippen LogP contribution in [0.3, 0.4) is 0 Å². The fourth-order valence-corrected chi connectivity index (χ4v) is 2.59. The molecule has 0 saturated carbocycles. The zero-order valence-electron chi connectivity index (χ0n) is 13.7. The van der Waals surface area contributed by atoms with Gasteiger partial charge in [-0.1, -0.05) is 0 Å². The molecule has 1 aliphatic rings. The van der Waals surface area contributed by atoms with E-state index in [0.717, 1.165) is 4.47 Å². The highest BCUT2D eigenvalue weighted by atomic mass is 79.9. The lowest BCUT2D eigenvalue weighted by Crippen LogP contribution is -2.37. The smallest absolute Gasteiger partial charge is 0.325 e. The van der Waals surface area contributed by atoms with E-state index in [1.165, 1.54) is 7.11 Å². The van der Waals surface area contributed by atoms with Gasteiger partial charge < -0.3 is 24.3 Å². The number of nitrogens with one attached hydrogen (secondary N) is 2. The summed E-state index contributed by atoms with van der Waals surface area (Å²) in [6.07, 6.45) is 0. The zero-order valence-corrected chi connectivity index (χ0v) is 15.3. The molecule has 136 valence electrons. The predicted octanol–water partition coefficient (Wildman–Crippen LogP) is 2.91. The van der Waals surface area contributed by atoms with Gasteiger partial charge in [0.05, 0.1) is 11.6 Å². The molecule has 3 amide bonds. The van der Waals surface area contributed by atoms with Gasteiger partial charge in [0, 0.05) is 17.8 Å². The molecule has 1 aliphatic heterocycles. The fraction of sp³-hybridized carbons (Fsp3) is 0.176. The minimum absolute atomic E-state index is 0.153. The van der Waals surface area contributed by atoms with Crippen molar-refractivity contribution in [3.05, 3.63) is 40.9 Å². The SMILES string of the molecule is COc1cc(NC(=O)NC(=O)COc2ccc3c(c2)OCO3)ccc1Br. The molecule has 2 aromatic carbocycles. The van der Waals surface area contributed by atoms with Crippen LogP contribution in [0, 0.1) is 0 Å². The van der Waals surface area contributed by atoms with E-state index in [0.29, 0.717) is 28.7 Å². The van der Waals surface area contributed by atoms with Gasteiger partial charge in [-0.2, -0.15) is 0 Å². The third-order valence-electron chi connectivity index (χ3n) is 3.38. The Hall–Kier alpha value is -2.94. The number of amides is 3. The molecular formula is C17H15BrN2O6. The molecule has 0 radical (unpaired) electrons. The highest BCUT2D eigenvalue weighted by molar-refractivity contribution is 9.10. The first kappa shape index (κ1) is 17.9. The molecule has 3 rings (SSSR count). The van der Waals surface area contributed by atoms with E-state index in [-0.39, 0.29) is 13.4 Å². The van der Waals surface area contributed by atoms with Gasteiger partial charge >= 0.3 is 6.03 Å². The summed E-state index contributed by atoms with van der Waals surface area (Å²) in [5, 5.41) is 4.72. The van der Waals surface area contributed by atoms with E-state index in [2.05, 4.69) is 26.6 Å². The Morgan fingerprint density at radius 1 is 1.15 bits per heavy atom. The third-order valence-corrected chi connectivity index (χ3v) is 4.03. The van der Waals surface area contributed by atoms with E-state index < -0.39 is 11.9 Å². The molecule has 26 heavy (non-hydrogen) atoms. The Labute approximate surface area is 157 Å². The van der Waals surface area contributed by atoms with Crippen LogP contribution in [0.5, 0.6) is 23.0 Å². The Bertz CT molecular complexity index is 842. The Morgan fingerprint density at radius 2 is 1.96 bits per heavy atom. The standard InChI is InChI=1S/C17H15BrN2O6/c1-23-14-6-10(2-4-12(14)18)19-17(22)20-16(21)8-24-11-3-5-13-15(7-11)26-9-25-13/h2-7H,8-9H2,1H3,(H2,19,20,21,22). The number of rotatable bonds is 5. The van der Waals surface area contributed by atoms with Crippen LogP contribution >= 0.6 is 15.9 Å². The molecule has 9 heteroatoms. The summed E-state index contributed by atoms with van der Waals surface area (Å²) in [6, 6.07) is 9.28. The largest absolute Gasteiger partial charge is 0.495 e. The van der Waals surface area contributed by atoms with Gasteiger partial charge in [-0.05, 0) is 40.2 Å². The number of ether oxygens (including phenoxy) is 4. The molecule has 0 atom stereocenters. The van der Waals surface area contributed by atoms with Crippen LogP contribution in [0.15, 0.2) is 40.9 Å². The van der Waals surface area contributed by atoms with Gasteiger partial charge in [0.25, 0.3) is 5.91 Å². The maximum Gasteiger partial charge on any atom is 0.325 e. The van der Waals surface area contributed by atoms with Crippen molar-refractivity contribution in [2.24, 2.45) is 0 Å². The van der Waals surface area contributed by atoms with E-state index >= 15 is 0 Å². The summed E-state index contributed by atoms with van der Waals surface area (Å²) < 4.78 is 21.6. The quantitative estimate of drug-likeness (QED) is 0.768. The van der Waals surface area contributed by atoms with Crippen molar-refractivity contribution in [3.8, 4) is 23.0 Å². The van der Waals surface area contributed by atoms with Crippen LogP contribution in [0.2, 0.25) is 0 Å². The average molecular weight is 423 g/mol. The minimum atomic E-state index is -0.673. The zero-order chi connectivity index (χ0) is 18.5. The van der Waals surface area contributed by atoms with Crippen molar-refractivity contribution < 1.29 is 28.5 Å². The number of urea groups is 1. The van der Waals surface area contributed by atoms with Crippen LogP contribution in [0.25, 0.3) is 0 Å². The second-order valence-electron chi connectivity index (χ2n) is 5.16. The molecule has 0 bridgehead atoms. The van der Waals surface area contributed by atoms with E-state index in [9.17, 15) is 9.59 Å². The Kier molecular flexibility index (Phi) is 5.47. The maximum atomic E-state index is 11.9. The van der Waals surface area contributed by atoms with Crippen molar-refractivity contribution in [2.45, 2.75) is 0 Å². The molecule has 0 aromatic heterocycles. The number of carbonyl (C=O) groups is 2. The normalized spacial score (nSPS) is 11.6. The molecule has 0 spiro atoms. The number of hydrogen-bond donors (Lipinski definition) is 2. The summed E-state index contributed by atoms with van der Waals surface area (Å²) in [6.45, 7) is -0.170. The molecule has 0 aliphatic carbocycles. The lowest BCUT2D eigenvalue weighted by molar-refractivity contribution is -0.121. The first-order valence-corrected chi connectivity index (χ1v) is 8.31. The van der Waals surface area contributed by atoms with Gasteiger partial charge in [-0.3, -0.25) is 10.1 Å². The van der Waals surface area contributed by atoms with Gasteiger partial charge in [0.1, 0.15) is 11.5 Å². The monoisotopic (exact) mass is 422 g/mol. The lowest BCUT2D eigenvalue weighted by Gasteiger charge is -2.10. The highest BCUT2D eigenvalue weighted by Gasteiger charge is 2.15. The Balaban J connectivity index is 1.49. The fourth-order valence-electron chi connectivity index (χ4n) is 2.18. The second-order valence-corrected chi connectivity index (χ2v) is 6.01. The van der Waals surface area contributed by atoms with Crippen molar-refractivity contribution in [1.82, 2.24) is 5.32 Å². The second kappa shape index (κ2) is 7.96. The van der Waals surface area contributed by atoms with Crippen LogP contribution in [-0.4, -0.2) is 32.4 Å². The molecule has 0 saturated heterocycles. The highest BCUT2D eigenvalue weighted by Crippen LogP contribution is 2.35. The summed E-state index contributed by atoms with van der Waals surface area (Å²) in [5.74, 6) is 1.56. The van der Waals surface area contributed by atoms with Crippen molar-refractivity contribution >= 4 is 33.6 Å². The van der Waals surface area contributed by atoms with Crippen molar-refractivity contribution in [3.63, 3.8) is 0 Å². The van der Waals surface area contributed by atoms with E-state index in [4.69, 9.17) is 18.9 Å². The van der Waals surface area contributed by atoms with Gasteiger partial charge in [0.15, 0.2) is 18.1 Å². The van der Waals surface area contributed by atoms with Crippen molar-refractivity contribution in [2.75, 3.05) is 25.8 Å². The molecular weight excluding hydrogens is 408 g/mol. The molecule has 8 nitrogen and oxygen atoms in total. The summed E-state index contributed by atoms with van der Waals surface area (Å²) >= 11 is 3.32. The topological polar surface area (TPSA) is 95.1 Å². The molecule has 0 unspecified atom stereocenters. The third kappa shape index (κ3) is 4.37. The van der Waals surface area contributed by atoms with Crippen LogP contribution < -0.4 is 29.6 Å². The molecule has 1 heterocycles. The number of halogens is 1.